The normalized spacial score (nSPS) is 16.3. The smallest absolute Gasteiger partial charge is 0.387 e. The molecule has 0 fully saturated rings. The van der Waals surface area contributed by atoms with Gasteiger partial charge in [-0.1, -0.05) is 0 Å². The predicted molar refractivity (Wildman–Crippen MR) is 120 cm³/mol. The van der Waals surface area contributed by atoms with E-state index in [2.05, 4.69) is 25.5 Å². The quantitative estimate of drug-likeness (QED) is 0.575. The van der Waals surface area contributed by atoms with Crippen LogP contribution in [-0.2, 0) is 17.8 Å². The topological polar surface area (TPSA) is 105 Å². The van der Waals surface area contributed by atoms with E-state index >= 15 is 0 Å². The number of nitrogens with two attached hydrogens (primary N) is 1. The van der Waals surface area contributed by atoms with Gasteiger partial charge < -0.3 is 26.0 Å². The van der Waals surface area contributed by atoms with Crippen LogP contribution in [0.3, 0.4) is 0 Å². The number of aromatic nitrogens is 2. The summed E-state index contributed by atoms with van der Waals surface area (Å²) in [5, 5.41) is 6.20. The van der Waals surface area contributed by atoms with Crippen molar-refractivity contribution < 1.29 is 18.3 Å². The molecule has 8 nitrogen and oxygen atoms in total. The van der Waals surface area contributed by atoms with Crippen LogP contribution in [0.25, 0.3) is 0 Å². The van der Waals surface area contributed by atoms with Crippen molar-refractivity contribution >= 4 is 35.1 Å². The molecule has 3 heterocycles. The number of likely N-dealkylation sites (N-methyl/N-ethyl adjacent to an activating group) is 1. The van der Waals surface area contributed by atoms with Gasteiger partial charge >= 0.3 is 6.61 Å². The van der Waals surface area contributed by atoms with Crippen LogP contribution in [0.4, 0.5) is 26.2 Å². The molecule has 11 heteroatoms. The number of ether oxygens (including phenoxy) is 1. The van der Waals surface area contributed by atoms with E-state index in [1.54, 1.807) is 18.3 Å². The average Bonchev–Trinajstić information content (AvgIpc) is 3.19. The highest BCUT2D eigenvalue weighted by Gasteiger charge is 2.22. The molecule has 1 aromatic carbocycles. The number of nitrogens with zero attached hydrogens (tertiary/aromatic N) is 3. The Morgan fingerprint density at radius 2 is 2.09 bits per heavy atom. The van der Waals surface area contributed by atoms with Gasteiger partial charge in [0.05, 0.1) is 10.6 Å². The summed E-state index contributed by atoms with van der Waals surface area (Å²) in [6.07, 6.45) is 3.04. The fraction of sp³-hybridized carbons (Fsp3) is 0.381. The molecule has 32 heavy (non-hydrogen) atoms. The number of anilines is 3. The lowest BCUT2D eigenvalue weighted by Gasteiger charge is -2.26. The van der Waals surface area contributed by atoms with E-state index in [9.17, 15) is 13.6 Å². The molecule has 0 atom stereocenters. The Labute approximate surface area is 188 Å². The van der Waals surface area contributed by atoms with Gasteiger partial charge in [0.1, 0.15) is 11.6 Å². The highest BCUT2D eigenvalue weighted by atomic mass is 32.2. The van der Waals surface area contributed by atoms with E-state index in [1.165, 1.54) is 11.8 Å². The maximum absolute atomic E-state index is 13.0. The van der Waals surface area contributed by atoms with Crippen molar-refractivity contribution in [2.45, 2.75) is 32.9 Å². The van der Waals surface area contributed by atoms with Gasteiger partial charge in [0.25, 0.3) is 5.91 Å². The van der Waals surface area contributed by atoms with E-state index in [0.717, 1.165) is 35.4 Å². The number of aryl methyl sites for hydroxylation is 1. The summed E-state index contributed by atoms with van der Waals surface area (Å²) in [5.41, 5.74) is 9.32. The van der Waals surface area contributed by atoms with Crippen LogP contribution in [0.1, 0.15) is 23.1 Å². The number of carbonyl (C=O) groups is 1. The van der Waals surface area contributed by atoms with E-state index in [-0.39, 0.29) is 11.7 Å². The molecule has 0 spiro atoms. The third-order valence-corrected chi connectivity index (χ3v) is 6.45. The third-order valence-electron chi connectivity index (χ3n) is 5.30. The Bertz CT molecular complexity index is 1080. The van der Waals surface area contributed by atoms with Crippen molar-refractivity contribution in [3.63, 3.8) is 0 Å². The van der Waals surface area contributed by atoms with E-state index in [4.69, 9.17) is 10.5 Å². The number of hydrogen-bond donors (Lipinski definition) is 3. The second-order valence-corrected chi connectivity index (χ2v) is 8.83. The number of amides is 1. The van der Waals surface area contributed by atoms with Crippen molar-refractivity contribution in [1.82, 2.24) is 14.9 Å². The number of benzene rings is 1. The maximum atomic E-state index is 13.0. The monoisotopic (exact) mass is 462 g/mol. The Kier molecular flexibility index (Phi) is 6.47. The molecule has 0 radical (unpaired) electrons. The van der Waals surface area contributed by atoms with Crippen molar-refractivity contribution in [2.75, 3.05) is 30.0 Å². The molecule has 1 aromatic heterocycles. The number of primary amides is 1. The standard InChI is InChI=1S/C21H24F2N6O2S/c1-11-9-25-21(28-19(11)26-14-4-6-32-17(14)18(24)30)27-15-7-13-10-29(2)5-3-12(13)8-16(15)31-20(22)23/h7-9,20H,3-6,10H2,1-2H3,(H2,24,30)(H2,25,26,27,28). The number of alkyl halides is 2. The summed E-state index contributed by atoms with van der Waals surface area (Å²) in [6, 6.07) is 3.46. The van der Waals surface area contributed by atoms with Crippen LogP contribution in [0.15, 0.2) is 28.9 Å². The van der Waals surface area contributed by atoms with Gasteiger partial charge in [0, 0.05) is 36.3 Å². The van der Waals surface area contributed by atoms with Gasteiger partial charge in [-0.2, -0.15) is 13.8 Å². The molecule has 1 amide bonds. The fourth-order valence-corrected chi connectivity index (χ4v) is 4.69. The molecule has 0 aliphatic carbocycles. The number of thioether (sulfide) groups is 1. The summed E-state index contributed by atoms with van der Waals surface area (Å²) >= 11 is 1.40. The highest BCUT2D eigenvalue weighted by Crippen LogP contribution is 2.35. The molecular formula is C21H24F2N6O2S. The molecule has 2 aromatic rings. The lowest BCUT2D eigenvalue weighted by Crippen LogP contribution is -2.26. The minimum Gasteiger partial charge on any atom is -0.433 e. The SMILES string of the molecule is Cc1cnc(Nc2cc3c(cc2OC(F)F)CCN(C)C3)nc1NC1=C(C(N)=O)SCC1. The maximum Gasteiger partial charge on any atom is 0.387 e. The van der Waals surface area contributed by atoms with Crippen molar-refractivity contribution in [2.24, 2.45) is 5.73 Å². The van der Waals surface area contributed by atoms with Crippen LogP contribution in [0.2, 0.25) is 0 Å². The number of halogens is 2. The average molecular weight is 463 g/mol. The zero-order valence-corrected chi connectivity index (χ0v) is 18.6. The summed E-state index contributed by atoms with van der Waals surface area (Å²) < 4.78 is 30.8. The molecule has 0 unspecified atom stereocenters. The number of hydrogen-bond acceptors (Lipinski definition) is 8. The number of carbonyl (C=O) groups excluding carboxylic acids is 1. The molecule has 0 bridgehead atoms. The largest absolute Gasteiger partial charge is 0.433 e. The molecule has 0 saturated carbocycles. The van der Waals surface area contributed by atoms with E-state index in [1.807, 2.05) is 14.0 Å². The van der Waals surface area contributed by atoms with Gasteiger partial charge in [-0.15, -0.1) is 11.8 Å². The highest BCUT2D eigenvalue weighted by molar-refractivity contribution is 8.04. The van der Waals surface area contributed by atoms with Crippen molar-refractivity contribution in [3.8, 4) is 5.75 Å². The first-order chi connectivity index (χ1) is 15.3. The second-order valence-electron chi connectivity index (χ2n) is 7.73. The molecular weight excluding hydrogens is 438 g/mol. The zero-order chi connectivity index (χ0) is 22.8. The molecule has 170 valence electrons. The van der Waals surface area contributed by atoms with Crippen LogP contribution in [-0.4, -0.2) is 46.7 Å². The Balaban J connectivity index is 1.64. The van der Waals surface area contributed by atoms with Gasteiger partial charge in [-0.05, 0) is 50.1 Å². The molecule has 2 aliphatic rings. The van der Waals surface area contributed by atoms with Crippen LogP contribution < -0.4 is 21.1 Å². The Morgan fingerprint density at radius 1 is 1.28 bits per heavy atom. The Hall–Kier alpha value is -2.92. The summed E-state index contributed by atoms with van der Waals surface area (Å²) in [7, 11) is 2.01. The zero-order valence-electron chi connectivity index (χ0n) is 17.7. The van der Waals surface area contributed by atoms with Gasteiger partial charge in [-0.25, -0.2) is 4.98 Å². The minimum atomic E-state index is -2.95. The second kappa shape index (κ2) is 9.29. The molecule has 4 N–H and O–H groups in total. The van der Waals surface area contributed by atoms with Gasteiger partial charge in [-0.3, -0.25) is 4.79 Å². The van der Waals surface area contributed by atoms with Crippen LogP contribution >= 0.6 is 11.8 Å². The van der Waals surface area contributed by atoms with Crippen LogP contribution in [0, 0.1) is 6.92 Å². The first-order valence-electron chi connectivity index (χ1n) is 10.1. The third kappa shape index (κ3) is 4.94. The summed E-state index contributed by atoms with van der Waals surface area (Å²) in [4.78, 5) is 23.1. The number of allylic oxidation sites excluding steroid dienone is 1. The van der Waals surface area contributed by atoms with Gasteiger partial charge in [0.15, 0.2) is 0 Å². The molecule has 4 rings (SSSR count). The summed E-state index contributed by atoms with van der Waals surface area (Å²) in [6.45, 7) is 0.446. The first kappa shape index (κ1) is 22.3. The Morgan fingerprint density at radius 3 is 2.84 bits per heavy atom. The first-order valence-corrected chi connectivity index (χ1v) is 11.1. The van der Waals surface area contributed by atoms with Crippen molar-refractivity contribution in [3.05, 3.63) is 45.6 Å². The lowest BCUT2D eigenvalue weighted by molar-refractivity contribution is -0.113. The predicted octanol–water partition coefficient (Wildman–Crippen LogP) is 3.36. The number of fused-ring (bicyclic) bond motifs is 1. The fourth-order valence-electron chi connectivity index (χ4n) is 3.71. The summed E-state index contributed by atoms with van der Waals surface area (Å²) in [5.74, 6) is 1.05. The van der Waals surface area contributed by atoms with Crippen molar-refractivity contribution in [1.29, 1.82) is 0 Å². The number of nitrogens with one attached hydrogen (secondary N) is 2. The minimum absolute atomic E-state index is 0.0490. The molecule has 2 aliphatic heterocycles. The molecule has 0 saturated heterocycles. The lowest BCUT2D eigenvalue weighted by atomic mass is 9.99. The van der Waals surface area contributed by atoms with Crippen LogP contribution in [0.5, 0.6) is 5.75 Å². The van der Waals surface area contributed by atoms with E-state index in [0.29, 0.717) is 35.1 Å². The van der Waals surface area contributed by atoms with E-state index < -0.39 is 12.5 Å². The number of rotatable bonds is 7. The van der Waals surface area contributed by atoms with Gasteiger partial charge in [0.2, 0.25) is 5.95 Å².